The summed E-state index contributed by atoms with van der Waals surface area (Å²) in [6.07, 6.45) is 3.95. The number of piperidine rings is 1. The minimum Gasteiger partial charge on any atom is -0.508 e. The van der Waals surface area contributed by atoms with Gasteiger partial charge in [0.2, 0.25) is 0 Å². The van der Waals surface area contributed by atoms with Crippen molar-refractivity contribution in [1.29, 1.82) is 0 Å². The Morgan fingerprint density at radius 1 is 1.20 bits per heavy atom. The summed E-state index contributed by atoms with van der Waals surface area (Å²) in [7, 11) is 0. The Hall–Kier alpha value is -2.41. The van der Waals surface area contributed by atoms with Crippen molar-refractivity contribution >= 4 is 22.2 Å². The van der Waals surface area contributed by atoms with Crippen LogP contribution in [0.3, 0.4) is 0 Å². The van der Waals surface area contributed by atoms with E-state index in [0.29, 0.717) is 23.9 Å². The highest BCUT2D eigenvalue weighted by Crippen LogP contribution is 2.28. The van der Waals surface area contributed by atoms with Gasteiger partial charge in [0.25, 0.3) is 5.91 Å². The Bertz CT molecular complexity index is 749. The normalized spacial score (nSPS) is 15.3. The van der Waals surface area contributed by atoms with Gasteiger partial charge in [-0.25, -0.2) is 0 Å². The van der Waals surface area contributed by atoms with Gasteiger partial charge in [0, 0.05) is 19.2 Å². The Balaban J connectivity index is 1.48. The number of hydrogen-bond donors (Lipinski definition) is 1. The zero-order valence-corrected chi connectivity index (χ0v) is 14.6. The quantitative estimate of drug-likeness (QED) is 0.648. The average molecular weight is 360 g/mol. The Kier molecular flexibility index (Phi) is 5.33. The summed E-state index contributed by atoms with van der Waals surface area (Å²) in [4.78, 5) is 25.0. The van der Waals surface area contributed by atoms with Gasteiger partial charge in [-0.15, -0.1) is 0 Å². The first-order valence-electron chi connectivity index (χ1n) is 8.34. The number of aryl methyl sites for hydroxylation is 1. The molecule has 1 aromatic heterocycles. The summed E-state index contributed by atoms with van der Waals surface area (Å²) in [6.45, 7) is 1.40. The molecule has 1 saturated heterocycles. The summed E-state index contributed by atoms with van der Waals surface area (Å²) in [5.74, 6) is 0.759. The number of nitro groups is 1. The molecule has 0 unspecified atom stereocenters. The minimum absolute atomic E-state index is 0.00661. The van der Waals surface area contributed by atoms with Crippen LogP contribution in [0.25, 0.3) is 0 Å². The number of nitrogens with zero attached hydrogens (tertiary/aromatic N) is 2. The average Bonchev–Trinajstić information content (AvgIpc) is 3.11. The first-order valence-corrected chi connectivity index (χ1v) is 9.16. The summed E-state index contributed by atoms with van der Waals surface area (Å²) < 4.78 is 0. The van der Waals surface area contributed by atoms with E-state index in [9.17, 15) is 20.0 Å². The van der Waals surface area contributed by atoms with Crippen molar-refractivity contribution in [2.75, 3.05) is 13.1 Å². The van der Waals surface area contributed by atoms with Gasteiger partial charge in [0.1, 0.15) is 5.75 Å². The van der Waals surface area contributed by atoms with Crippen molar-refractivity contribution in [3.63, 3.8) is 0 Å². The number of likely N-dealkylation sites (tertiary alicyclic amines) is 1. The number of rotatable bonds is 5. The number of phenolic OH excluding ortho intramolecular Hbond substituents is 1. The zero-order valence-electron chi connectivity index (χ0n) is 13.8. The van der Waals surface area contributed by atoms with Crippen LogP contribution in [-0.4, -0.2) is 33.9 Å². The van der Waals surface area contributed by atoms with Gasteiger partial charge in [0.15, 0.2) is 0 Å². The molecule has 7 heteroatoms. The van der Waals surface area contributed by atoms with Gasteiger partial charge in [-0.05, 0) is 55.4 Å². The van der Waals surface area contributed by atoms with Crippen LogP contribution in [-0.2, 0) is 6.42 Å². The summed E-state index contributed by atoms with van der Waals surface area (Å²) in [5.41, 5.74) is 1.21. The molecule has 0 spiro atoms. The van der Waals surface area contributed by atoms with E-state index in [-0.39, 0.29) is 16.7 Å². The monoisotopic (exact) mass is 360 g/mol. The van der Waals surface area contributed by atoms with Crippen LogP contribution in [0.15, 0.2) is 36.4 Å². The first-order chi connectivity index (χ1) is 12.0. The van der Waals surface area contributed by atoms with E-state index >= 15 is 0 Å². The molecule has 1 aliphatic heterocycles. The molecule has 0 aliphatic carbocycles. The molecule has 6 nitrogen and oxygen atoms in total. The van der Waals surface area contributed by atoms with Gasteiger partial charge in [-0.3, -0.25) is 14.9 Å². The second-order valence-electron chi connectivity index (χ2n) is 6.34. The highest BCUT2D eigenvalue weighted by Gasteiger charge is 2.25. The number of benzene rings is 1. The molecule has 1 aromatic carbocycles. The molecule has 1 amide bonds. The van der Waals surface area contributed by atoms with Crippen molar-refractivity contribution < 1.29 is 14.8 Å². The number of amides is 1. The Morgan fingerprint density at radius 3 is 2.48 bits per heavy atom. The number of thiophene rings is 1. The van der Waals surface area contributed by atoms with Crippen LogP contribution >= 0.6 is 11.3 Å². The minimum atomic E-state index is -0.461. The van der Waals surface area contributed by atoms with Crippen molar-refractivity contribution in [2.45, 2.75) is 25.7 Å². The lowest BCUT2D eigenvalue weighted by atomic mass is 9.90. The number of carbonyl (C=O) groups is 1. The Labute approximate surface area is 149 Å². The van der Waals surface area contributed by atoms with E-state index in [0.717, 1.165) is 37.0 Å². The third-order valence-corrected chi connectivity index (χ3v) is 5.69. The van der Waals surface area contributed by atoms with Gasteiger partial charge < -0.3 is 10.0 Å². The second-order valence-corrected chi connectivity index (χ2v) is 7.40. The molecule has 1 N–H and O–H groups in total. The van der Waals surface area contributed by atoms with Crippen LogP contribution in [0.4, 0.5) is 5.00 Å². The summed E-state index contributed by atoms with van der Waals surface area (Å²) in [6, 6.07) is 10.2. The maximum Gasteiger partial charge on any atom is 0.324 e. The maximum absolute atomic E-state index is 12.4. The molecule has 0 saturated carbocycles. The van der Waals surface area contributed by atoms with Crippen molar-refractivity contribution in [2.24, 2.45) is 5.92 Å². The maximum atomic E-state index is 12.4. The van der Waals surface area contributed by atoms with Gasteiger partial charge in [-0.1, -0.05) is 23.5 Å². The third kappa shape index (κ3) is 4.36. The number of phenols is 1. The van der Waals surface area contributed by atoms with Crippen molar-refractivity contribution in [3.05, 3.63) is 57.0 Å². The second kappa shape index (κ2) is 7.65. The van der Waals surface area contributed by atoms with E-state index in [1.807, 2.05) is 12.1 Å². The Morgan fingerprint density at radius 2 is 1.88 bits per heavy atom. The van der Waals surface area contributed by atoms with Gasteiger partial charge in [0.05, 0.1) is 9.80 Å². The molecule has 0 bridgehead atoms. The van der Waals surface area contributed by atoms with E-state index in [4.69, 9.17) is 0 Å². The molecular weight excluding hydrogens is 340 g/mol. The summed E-state index contributed by atoms with van der Waals surface area (Å²) >= 11 is 0.942. The third-order valence-electron chi connectivity index (χ3n) is 4.66. The molecule has 0 radical (unpaired) electrons. The zero-order chi connectivity index (χ0) is 17.8. The van der Waals surface area contributed by atoms with Crippen LogP contribution in [0, 0.1) is 16.0 Å². The molecule has 1 aliphatic rings. The van der Waals surface area contributed by atoms with Crippen molar-refractivity contribution in [3.8, 4) is 5.75 Å². The van der Waals surface area contributed by atoms with Crippen LogP contribution in [0.5, 0.6) is 5.75 Å². The fourth-order valence-corrected chi connectivity index (χ4v) is 3.94. The van der Waals surface area contributed by atoms with Gasteiger partial charge >= 0.3 is 5.00 Å². The molecular formula is C18H20N2O4S. The van der Waals surface area contributed by atoms with E-state index in [1.165, 1.54) is 11.6 Å². The largest absolute Gasteiger partial charge is 0.508 e. The highest BCUT2D eigenvalue weighted by atomic mass is 32.1. The summed E-state index contributed by atoms with van der Waals surface area (Å²) in [5, 5.41) is 20.1. The number of aromatic hydroxyl groups is 1. The smallest absolute Gasteiger partial charge is 0.324 e. The van der Waals surface area contributed by atoms with Crippen LogP contribution in [0.2, 0.25) is 0 Å². The van der Waals surface area contributed by atoms with E-state index < -0.39 is 4.92 Å². The van der Waals surface area contributed by atoms with E-state index in [1.54, 1.807) is 23.1 Å². The molecule has 2 heterocycles. The molecule has 1 fully saturated rings. The van der Waals surface area contributed by atoms with Crippen molar-refractivity contribution in [1.82, 2.24) is 4.90 Å². The van der Waals surface area contributed by atoms with Crippen LogP contribution < -0.4 is 0 Å². The topological polar surface area (TPSA) is 83.7 Å². The lowest BCUT2D eigenvalue weighted by molar-refractivity contribution is -0.380. The molecule has 25 heavy (non-hydrogen) atoms. The van der Waals surface area contributed by atoms with Gasteiger partial charge in [-0.2, -0.15) is 0 Å². The lowest BCUT2D eigenvalue weighted by Crippen LogP contribution is -2.38. The van der Waals surface area contributed by atoms with Crippen LogP contribution in [0.1, 0.15) is 34.5 Å². The molecule has 0 atom stereocenters. The SMILES string of the molecule is O=C(c1ccc([N+](=O)[O-])s1)N1CCC(CCc2ccc(O)cc2)CC1. The number of hydrogen-bond acceptors (Lipinski definition) is 5. The lowest BCUT2D eigenvalue weighted by Gasteiger charge is -2.31. The fraction of sp³-hybridized carbons (Fsp3) is 0.389. The molecule has 132 valence electrons. The fourth-order valence-electron chi connectivity index (χ4n) is 3.15. The molecule has 2 aromatic rings. The highest BCUT2D eigenvalue weighted by molar-refractivity contribution is 7.17. The number of carbonyl (C=O) groups excluding carboxylic acids is 1. The standard InChI is InChI=1S/C18H20N2O4S/c21-15-5-3-13(4-6-15)1-2-14-9-11-19(12-10-14)18(22)16-7-8-17(25-16)20(23)24/h3-8,14,21H,1-2,9-12H2. The molecule has 3 rings (SSSR count). The first kappa shape index (κ1) is 17.4. The predicted molar refractivity (Wildman–Crippen MR) is 96.0 cm³/mol. The predicted octanol–water partition coefficient (Wildman–Crippen LogP) is 3.85. The van der Waals surface area contributed by atoms with E-state index in [2.05, 4.69) is 0 Å².